The van der Waals surface area contributed by atoms with Gasteiger partial charge in [0, 0.05) is 17.8 Å². The Hall–Kier alpha value is -1.93. The van der Waals surface area contributed by atoms with Gasteiger partial charge in [-0.15, -0.1) is 0 Å². The predicted octanol–water partition coefficient (Wildman–Crippen LogP) is 2.79. The molecule has 2 rings (SSSR count). The maximum Gasteiger partial charge on any atom is 0.242 e. The first-order valence-corrected chi connectivity index (χ1v) is 9.34. The van der Waals surface area contributed by atoms with Gasteiger partial charge in [0.1, 0.15) is 0 Å². The van der Waals surface area contributed by atoms with Crippen LogP contribution in [-0.4, -0.2) is 27.5 Å². The van der Waals surface area contributed by atoms with Gasteiger partial charge in [-0.3, -0.25) is 4.79 Å². The monoisotopic (exact) mass is 382 g/mol. The molecule has 25 heavy (non-hydrogen) atoms. The fraction of sp³-hybridized carbons (Fsp3) is 0.235. The van der Waals surface area contributed by atoms with Crippen molar-refractivity contribution in [2.75, 3.05) is 12.4 Å². The van der Waals surface area contributed by atoms with Crippen molar-refractivity contribution in [3.63, 3.8) is 0 Å². The van der Waals surface area contributed by atoms with Gasteiger partial charge in [-0.05, 0) is 48.9 Å². The van der Waals surface area contributed by atoms with Crippen molar-refractivity contribution in [2.45, 2.75) is 24.5 Å². The number of halogens is 1. The van der Waals surface area contributed by atoms with Crippen molar-refractivity contribution in [2.24, 2.45) is 0 Å². The van der Waals surface area contributed by atoms with Gasteiger partial charge >= 0.3 is 0 Å². The normalized spacial score (nSPS) is 12.6. The zero-order valence-electron chi connectivity index (χ0n) is 13.8. The lowest BCUT2D eigenvalue weighted by Crippen LogP contribution is -2.41. The first kappa shape index (κ1) is 19.4. The molecule has 0 saturated carbocycles. The maximum atomic E-state index is 12.3. The topological polar surface area (TPSA) is 84.5 Å². The highest BCUT2D eigenvalue weighted by Gasteiger charge is 2.22. The number of amides is 1. The summed E-state index contributed by atoms with van der Waals surface area (Å²) in [5.41, 5.74) is 1.46. The molecule has 0 fully saturated rings. The lowest BCUT2D eigenvalue weighted by atomic mass is 10.2. The second-order valence-corrected chi connectivity index (χ2v) is 7.57. The molecule has 0 bridgehead atoms. The minimum Gasteiger partial charge on any atom is -0.380 e. The summed E-state index contributed by atoms with van der Waals surface area (Å²) in [6, 6.07) is 11.9. The molecule has 6 nitrogen and oxygen atoms in total. The number of sulfonamides is 1. The molecule has 8 heteroatoms. The van der Waals surface area contributed by atoms with E-state index in [0.717, 1.165) is 5.56 Å². The average Bonchev–Trinajstić information content (AvgIpc) is 2.55. The molecular formula is C17H19ClN2O4S. The van der Waals surface area contributed by atoms with Crippen LogP contribution < -0.4 is 10.0 Å². The third-order valence-electron chi connectivity index (χ3n) is 3.35. The van der Waals surface area contributed by atoms with Crippen LogP contribution in [0.3, 0.4) is 0 Å². The molecule has 134 valence electrons. The van der Waals surface area contributed by atoms with Gasteiger partial charge in [-0.1, -0.05) is 23.7 Å². The molecule has 2 aromatic rings. The standard InChI is InChI=1S/C17H19ClN2O4S/c1-12(20-25(22,23)16-8-6-14(18)7-9-16)17(21)19-15-5-3-4-13(10-15)11-24-2/h3-10,12,20H,11H2,1-2H3,(H,19,21)/t12-/m0/s1. The third-order valence-corrected chi connectivity index (χ3v) is 5.16. The van der Waals surface area contributed by atoms with E-state index >= 15 is 0 Å². The number of rotatable bonds is 7. The van der Waals surface area contributed by atoms with E-state index in [1.807, 2.05) is 6.07 Å². The Bertz CT molecular complexity index is 838. The van der Waals surface area contributed by atoms with Crippen LogP contribution >= 0.6 is 11.6 Å². The van der Waals surface area contributed by atoms with Crippen LogP contribution in [0, 0.1) is 0 Å². The number of carbonyl (C=O) groups excluding carboxylic acids is 1. The number of methoxy groups -OCH3 is 1. The van der Waals surface area contributed by atoms with Crippen LogP contribution in [0.25, 0.3) is 0 Å². The first-order chi connectivity index (χ1) is 11.8. The molecular weight excluding hydrogens is 364 g/mol. The van der Waals surface area contributed by atoms with E-state index in [2.05, 4.69) is 10.0 Å². The molecule has 0 heterocycles. The minimum absolute atomic E-state index is 0.0404. The van der Waals surface area contributed by atoms with Crippen LogP contribution in [0.1, 0.15) is 12.5 Å². The number of hydrogen-bond acceptors (Lipinski definition) is 4. The van der Waals surface area contributed by atoms with E-state index in [9.17, 15) is 13.2 Å². The van der Waals surface area contributed by atoms with E-state index in [0.29, 0.717) is 17.3 Å². The lowest BCUT2D eigenvalue weighted by molar-refractivity contribution is -0.117. The van der Waals surface area contributed by atoms with E-state index in [1.165, 1.54) is 31.2 Å². The molecule has 2 aromatic carbocycles. The van der Waals surface area contributed by atoms with Crippen molar-refractivity contribution in [3.05, 3.63) is 59.1 Å². The van der Waals surface area contributed by atoms with Gasteiger partial charge in [0.15, 0.2) is 0 Å². The van der Waals surface area contributed by atoms with E-state index in [4.69, 9.17) is 16.3 Å². The maximum absolute atomic E-state index is 12.3. The summed E-state index contributed by atoms with van der Waals surface area (Å²) >= 11 is 5.76. The summed E-state index contributed by atoms with van der Waals surface area (Å²) < 4.78 is 32.0. The average molecular weight is 383 g/mol. The van der Waals surface area contributed by atoms with E-state index in [-0.39, 0.29) is 4.90 Å². The van der Waals surface area contributed by atoms with Crippen LogP contribution in [0.4, 0.5) is 5.69 Å². The fourth-order valence-electron chi connectivity index (χ4n) is 2.12. The highest BCUT2D eigenvalue weighted by molar-refractivity contribution is 7.89. The van der Waals surface area contributed by atoms with Gasteiger partial charge in [-0.25, -0.2) is 8.42 Å². The van der Waals surface area contributed by atoms with Crippen LogP contribution in [-0.2, 0) is 26.2 Å². The Morgan fingerprint density at radius 3 is 2.52 bits per heavy atom. The van der Waals surface area contributed by atoms with Crippen molar-refractivity contribution < 1.29 is 17.9 Å². The SMILES string of the molecule is COCc1cccc(NC(=O)[C@H](C)NS(=O)(=O)c2ccc(Cl)cc2)c1. The van der Waals surface area contributed by atoms with Crippen LogP contribution in [0.5, 0.6) is 0 Å². The third kappa shape index (κ3) is 5.54. The summed E-state index contributed by atoms with van der Waals surface area (Å²) in [5, 5.41) is 3.11. The van der Waals surface area contributed by atoms with E-state index in [1.54, 1.807) is 25.3 Å². The molecule has 0 aromatic heterocycles. The molecule has 0 radical (unpaired) electrons. The van der Waals surface area contributed by atoms with Crippen molar-refractivity contribution in [1.82, 2.24) is 4.72 Å². The quantitative estimate of drug-likeness (QED) is 0.771. The number of benzene rings is 2. The number of anilines is 1. The molecule has 0 unspecified atom stereocenters. The zero-order chi connectivity index (χ0) is 18.4. The Morgan fingerprint density at radius 1 is 1.20 bits per heavy atom. The van der Waals surface area contributed by atoms with Crippen LogP contribution in [0.15, 0.2) is 53.4 Å². The molecule has 1 atom stereocenters. The van der Waals surface area contributed by atoms with Gasteiger partial charge in [-0.2, -0.15) is 4.72 Å². The van der Waals surface area contributed by atoms with Crippen molar-refractivity contribution in [3.8, 4) is 0 Å². The Balaban J connectivity index is 2.04. The molecule has 0 aliphatic rings. The summed E-state index contributed by atoms with van der Waals surface area (Å²) in [4.78, 5) is 12.3. The zero-order valence-corrected chi connectivity index (χ0v) is 15.4. The number of carbonyl (C=O) groups is 1. The highest BCUT2D eigenvalue weighted by atomic mass is 35.5. The van der Waals surface area contributed by atoms with Gasteiger partial charge < -0.3 is 10.1 Å². The predicted molar refractivity (Wildman–Crippen MR) is 97.0 cm³/mol. The summed E-state index contributed by atoms with van der Waals surface area (Å²) in [6.07, 6.45) is 0. The Kier molecular flexibility index (Phi) is 6.55. The molecule has 0 saturated heterocycles. The first-order valence-electron chi connectivity index (χ1n) is 7.48. The fourth-order valence-corrected chi connectivity index (χ4v) is 3.45. The molecule has 0 spiro atoms. The minimum atomic E-state index is -3.82. The second-order valence-electron chi connectivity index (χ2n) is 5.42. The van der Waals surface area contributed by atoms with Gasteiger partial charge in [0.25, 0.3) is 0 Å². The Labute approximate surface area is 152 Å². The summed E-state index contributed by atoms with van der Waals surface area (Å²) in [5.74, 6) is -0.466. The molecule has 0 aliphatic heterocycles. The number of hydrogen-bond donors (Lipinski definition) is 2. The molecule has 0 aliphatic carbocycles. The Morgan fingerprint density at radius 2 is 1.88 bits per heavy atom. The molecule has 1 amide bonds. The summed E-state index contributed by atoms with van der Waals surface area (Å²) in [7, 11) is -2.24. The van der Waals surface area contributed by atoms with E-state index < -0.39 is 22.0 Å². The molecule has 2 N–H and O–H groups in total. The number of nitrogens with one attached hydrogen (secondary N) is 2. The highest BCUT2D eigenvalue weighted by Crippen LogP contribution is 2.15. The number of ether oxygens (including phenoxy) is 1. The van der Waals surface area contributed by atoms with Gasteiger partial charge in [0.05, 0.1) is 17.5 Å². The van der Waals surface area contributed by atoms with Gasteiger partial charge in [0.2, 0.25) is 15.9 Å². The lowest BCUT2D eigenvalue weighted by Gasteiger charge is -2.15. The second kappa shape index (κ2) is 8.44. The smallest absolute Gasteiger partial charge is 0.242 e. The van der Waals surface area contributed by atoms with Crippen molar-refractivity contribution >= 4 is 33.2 Å². The van der Waals surface area contributed by atoms with Crippen molar-refractivity contribution in [1.29, 1.82) is 0 Å². The summed E-state index contributed by atoms with van der Waals surface area (Å²) in [6.45, 7) is 1.89. The van der Waals surface area contributed by atoms with Crippen LogP contribution in [0.2, 0.25) is 5.02 Å². The largest absolute Gasteiger partial charge is 0.380 e.